The minimum atomic E-state index is 0.698. The number of hydrogen-bond donors (Lipinski definition) is 0. The maximum Gasteiger partial charge on any atom is 0.0951 e. The fourth-order valence-electron chi connectivity index (χ4n) is 3.80. The van der Waals surface area contributed by atoms with Gasteiger partial charge in [-0.2, -0.15) is 0 Å². The molecule has 162 valence electrons. The Labute approximate surface area is 189 Å². The van der Waals surface area contributed by atoms with Crippen molar-refractivity contribution in [3.63, 3.8) is 0 Å². The number of hydrogen-bond acceptors (Lipinski definition) is 4. The van der Waals surface area contributed by atoms with Gasteiger partial charge >= 0.3 is 0 Å². The summed E-state index contributed by atoms with van der Waals surface area (Å²) in [5.74, 6) is 0. The molecule has 0 fully saturated rings. The molecule has 0 unspecified atom stereocenters. The van der Waals surface area contributed by atoms with Crippen LogP contribution < -0.4 is 4.90 Å². The van der Waals surface area contributed by atoms with Crippen molar-refractivity contribution in [1.82, 2.24) is 9.55 Å². The molecule has 0 saturated carbocycles. The average molecular weight is 434 g/mol. The smallest absolute Gasteiger partial charge is 0.0951 e. The molecule has 0 spiro atoms. The van der Waals surface area contributed by atoms with Crippen LogP contribution in [0.15, 0.2) is 67.1 Å². The molecule has 0 N–H and O–H groups in total. The van der Waals surface area contributed by atoms with E-state index in [4.69, 9.17) is 4.74 Å². The van der Waals surface area contributed by atoms with Gasteiger partial charge in [0.25, 0.3) is 0 Å². The van der Waals surface area contributed by atoms with Gasteiger partial charge in [0.2, 0.25) is 0 Å². The molecule has 0 radical (unpaired) electrons. The summed E-state index contributed by atoms with van der Waals surface area (Å²) in [6.07, 6.45) is 6.30. The summed E-state index contributed by atoms with van der Waals surface area (Å²) < 4.78 is 9.19. The van der Waals surface area contributed by atoms with Gasteiger partial charge in [-0.05, 0) is 48.6 Å². The van der Waals surface area contributed by atoms with E-state index in [0.29, 0.717) is 6.61 Å². The van der Waals surface area contributed by atoms with Gasteiger partial charge in [-0.15, -0.1) is 11.3 Å². The lowest BCUT2D eigenvalue weighted by molar-refractivity contribution is 0.136. The molecule has 2 heterocycles. The fourth-order valence-corrected chi connectivity index (χ4v) is 4.78. The number of rotatable bonds is 11. The first kappa shape index (κ1) is 21.6. The highest BCUT2D eigenvalue weighted by Crippen LogP contribution is 2.31. The van der Waals surface area contributed by atoms with Crippen LogP contribution in [0, 0.1) is 0 Å². The van der Waals surface area contributed by atoms with E-state index >= 15 is 0 Å². The van der Waals surface area contributed by atoms with Crippen molar-refractivity contribution in [2.45, 2.75) is 46.4 Å². The zero-order chi connectivity index (χ0) is 21.5. The molecule has 2 aromatic heterocycles. The summed E-state index contributed by atoms with van der Waals surface area (Å²) in [5, 5.41) is 1.30. The average Bonchev–Trinajstić information content (AvgIpc) is 3.41. The third kappa shape index (κ3) is 5.54. The van der Waals surface area contributed by atoms with E-state index < -0.39 is 0 Å². The van der Waals surface area contributed by atoms with Gasteiger partial charge in [-0.1, -0.05) is 43.7 Å². The zero-order valence-electron chi connectivity index (χ0n) is 18.5. The fraction of sp³-hybridized carbons (Fsp3) is 0.346. The molecule has 2 aromatic carbocycles. The first-order valence-electron chi connectivity index (χ1n) is 11.1. The highest BCUT2D eigenvalue weighted by molar-refractivity contribution is 7.19. The standard InChI is InChI=1S/C26H31N3OS/c1-3-5-13-28(18-24-16-27-20-29(24)17-21-9-7-6-8-10-21)23-11-12-26-22(14-23)15-25(31-26)19-30-4-2/h6-12,14-16,20H,3-5,13,17-19H2,1-2H3. The van der Waals surface area contributed by atoms with Crippen LogP contribution in [0.4, 0.5) is 5.69 Å². The highest BCUT2D eigenvalue weighted by atomic mass is 32.1. The first-order valence-corrected chi connectivity index (χ1v) is 12.0. The van der Waals surface area contributed by atoms with E-state index in [0.717, 1.165) is 26.2 Å². The van der Waals surface area contributed by atoms with Crippen molar-refractivity contribution in [3.8, 4) is 0 Å². The van der Waals surface area contributed by atoms with E-state index in [1.54, 1.807) is 0 Å². The van der Waals surface area contributed by atoms with Gasteiger partial charge in [0.1, 0.15) is 0 Å². The van der Waals surface area contributed by atoms with Gasteiger partial charge in [0.05, 0.1) is 25.2 Å². The molecule has 0 aliphatic rings. The third-order valence-corrected chi connectivity index (χ3v) is 6.58. The summed E-state index contributed by atoms with van der Waals surface area (Å²) in [6, 6.07) is 19.7. The van der Waals surface area contributed by atoms with Crippen molar-refractivity contribution < 1.29 is 4.74 Å². The van der Waals surface area contributed by atoms with Crippen molar-refractivity contribution >= 4 is 27.1 Å². The van der Waals surface area contributed by atoms with Crippen LogP contribution in [-0.2, 0) is 24.4 Å². The zero-order valence-corrected chi connectivity index (χ0v) is 19.3. The lowest BCUT2D eigenvalue weighted by Crippen LogP contribution is -2.25. The Morgan fingerprint density at radius 2 is 1.94 bits per heavy atom. The summed E-state index contributed by atoms with van der Waals surface area (Å²) in [4.78, 5) is 8.23. The number of benzene rings is 2. The molecular formula is C26H31N3OS. The Kier molecular flexibility index (Phi) is 7.39. The number of fused-ring (bicyclic) bond motifs is 1. The van der Waals surface area contributed by atoms with Gasteiger partial charge in [-0.3, -0.25) is 0 Å². The Balaban J connectivity index is 1.56. The second kappa shape index (κ2) is 10.6. The Morgan fingerprint density at radius 3 is 2.74 bits per heavy atom. The highest BCUT2D eigenvalue weighted by Gasteiger charge is 2.13. The predicted octanol–water partition coefficient (Wildman–Crippen LogP) is 6.49. The quantitative estimate of drug-likeness (QED) is 0.271. The van der Waals surface area contributed by atoms with E-state index in [9.17, 15) is 0 Å². The minimum Gasteiger partial charge on any atom is -0.376 e. The molecule has 0 aliphatic heterocycles. The Morgan fingerprint density at radius 1 is 1.06 bits per heavy atom. The summed E-state index contributed by atoms with van der Waals surface area (Å²) in [6.45, 7) is 8.48. The van der Waals surface area contributed by atoms with Crippen LogP contribution >= 0.6 is 11.3 Å². The Hall–Kier alpha value is -2.63. The number of thiophene rings is 1. The summed E-state index contributed by atoms with van der Waals surface area (Å²) in [5.41, 5.74) is 3.81. The van der Waals surface area contributed by atoms with Gasteiger partial charge in [-0.25, -0.2) is 4.98 Å². The molecular weight excluding hydrogens is 402 g/mol. The number of nitrogens with zero attached hydrogens (tertiary/aromatic N) is 3. The predicted molar refractivity (Wildman–Crippen MR) is 131 cm³/mol. The van der Waals surface area contributed by atoms with Crippen molar-refractivity contribution in [3.05, 3.63) is 83.3 Å². The molecule has 4 nitrogen and oxygen atoms in total. The van der Waals surface area contributed by atoms with Crippen molar-refractivity contribution in [2.75, 3.05) is 18.1 Å². The number of anilines is 1. The molecule has 0 bridgehead atoms. The van der Waals surface area contributed by atoms with E-state index in [-0.39, 0.29) is 0 Å². The van der Waals surface area contributed by atoms with Crippen LogP contribution in [0.3, 0.4) is 0 Å². The molecule has 31 heavy (non-hydrogen) atoms. The van der Waals surface area contributed by atoms with Crippen LogP contribution in [0.5, 0.6) is 0 Å². The summed E-state index contributed by atoms with van der Waals surface area (Å²) in [7, 11) is 0. The minimum absolute atomic E-state index is 0.698. The maximum atomic E-state index is 5.60. The summed E-state index contributed by atoms with van der Waals surface area (Å²) >= 11 is 1.83. The largest absolute Gasteiger partial charge is 0.376 e. The normalized spacial score (nSPS) is 11.3. The van der Waals surface area contributed by atoms with Gasteiger partial charge < -0.3 is 14.2 Å². The number of aromatic nitrogens is 2. The van der Waals surface area contributed by atoms with Gasteiger partial charge in [0, 0.05) is 41.2 Å². The molecule has 0 amide bonds. The SMILES string of the molecule is CCCCN(Cc1cncn1Cc1ccccc1)c1ccc2sc(COCC)cc2c1. The second-order valence-corrected chi connectivity index (χ2v) is 9.01. The third-order valence-electron chi connectivity index (χ3n) is 5.49. The molecule has 0 aliphatic carbocycles. The van der Waals surface area contributed by atoms with Crippen LogP contribution in [0.1, 0.15) is 42.8 Å². The van der Waals surface area contributed by atoms with Crippen molar-refractivity contribution in [1.29, 1.82) is 0 Å². The topological polar surface area (TPSA) is 30.3 Å². The number of ether oxygens (including phenoxy) is 1. The van der Waals surface area contributed by atoms with E-state index in [1.165, 1.54) is 44.7 Å². The van der Waals surface area contributed by atoms with Gasteiger partial charge in [0.15, 0.2) is 0 Å². The first-order chi connectivity index (χ1) is 15.3. The van der Waals surface area contributed by atoms with E-state index in [2.05, 4.69) is 76.0 Å². The van der Waals surface area contributed by atoms with Crippen molar-refractivity contribution in [2.24, 2.45) is 0 Å². The van der Waals surface area contributed by atoms with E-state index in [1.807, 2.05) is 30.8 Å². The molecule has 4 rings (SSSR count). The number of imidazole rings is 1. The number of unbranched alkanes of at least 4 members (excludes halogenated alkanes) is 1. The molecule has 0 saturated heterocycles. The Bertz CT molecular complexity index is 1090. The lowest BCUT2D eigenvalue weighted by atomic mass is 10.2. The molecule has 0 atom stereocenters. The maximum absolute atomic E-state index is 5.60. The lowest BCUT2D eigenvalue weighted by Gasteiger charge is -2.25. The van der Waals surface area contributed by atoms with Crippen LogP contribution in [0.25, 0.3) is 10.1 Å². The monoisotopic (exact) mass is 433 g/mol. The molecule has 5 heteroatoms. The molecule has 4 aromatic rings. The van der Waals surface area contributed by atoms with Crippen LogP contribution in [-0.4, -0.2) is 22.7 Å². The van der Waals surface area contributed by atoms with Crippen LogP contribution in [0.2, 0.25) is 0 Å². The second-order valence-electron chi connectivity index (χ2n) is 7.85.